The SMILES string of the molecule is C=CC[NH+]1C=CN=C1. The van der Waals surface area contributed by atoms with E-state index in [-0.39, 0.29) is 0 Å². The average Bonchev–Trinajstić information content (AvgIpc) is 2.19. The number of hydrogen-bond acceptors (Lipinski definition) is 1. The number of rotatable bonds is 2. The van der Waals surface area contributed by atoms with Crippen molar-refractivity contribution in [1.29, 1.82) is 0 Å². The van der Waals surface area contributed by atoms with Gasteiger partial charge < -0.3 is 0 Å². The highest BCUT2D eigenvalue weighted by Crippen LogP contribution is 1.69. The lowest BCUT2D eigenvalue weighted by molar-refractivity contribution is -0.728. The van der Waals surface area contributed by atoms with Gasteiger partial charge in [0.1, 0.15) is 12.7 Å². The zero-order chi connectivity index (χ0) is 5.82. The second kappa shape index (κ2) is 2.43. The van der Waals surface area contributed by atoms with Crippen LogP contribution in [0.1, 0.15) is 0 Å². The Kier molecular flexibility index (Phi) is 1.59. The van der Waals surface area contributed by atoms with E-state index in [1.54, 1.807) is 6.20 Å². The van der Waals surface area contributed by atoms with Crippen LogP contribution in [0.25, 0.3) is 0 Å². The van der Waals surface area contributed by atoms with Crippen LogP contribution >= 0.6 is 0 Å². The fraction of sp³-hybridized carbons (Fsp3) is 0.167. The minimum Gasteiger partial charge on any atom is -0.262 e. The van der Waals surface area contributed by atoms with Crippen molar-refractivity contribution < 1.29 is 4.90 Å². The maximum atomic E-state index is 3.89. The molecule has 0 aliphatic carbocycles. The summed E-state index contributed by atoms with van der Waals surface area (Å²) in [6.45, 7) is 4.54. The normalized spacial score (nSPS) is 24.2. The van der Waals surface area contributed by atoms with Crippen LogP contribution in [-0.2, 0) is 0 Å². The van der Waals surface area contributed by atoms with E-state index in [1.807, 2.05) is 18.6 Å². The summed E-state index contributed by atoms with van der Waals surface area (Å²) >= 11 is 0. The highest BCUT2D eigenvalue weighted by molar-refractivity contribution is 5.47. The first-order valence-corrected chi connectivity index (χ1v) is 2.60. The van der Waals surface area contributed by atoms with Crippen molar-refractivity contribution in [1.82, 2.24) is 0 Å². The molecule has 0 aromatic carbocycles. The first-order chi connectivity index (χ1) is 3.93. The quantitative estimate of drug-likeness (QED) is 0.463. The fourth-order valence-electron chi connectivity index (χ4n) is 0.608. The first-order valence-electron chi connectivity index (χ1n) is 2.60. The van der Waals surface area contributed by atoms with Gasteiger partial charge in [-0.25, -0.2) is 4.99 Å². The average molecular weight is 109 g/mol. The van der Waals surface area contributed by atoms with E-state index in [1.165, 1.54) is 4.90 Å². The number of quaternary nitrogens is 1. The van der Waals surface area contributed by atoms with Crippen molar-refractivity contribution >= 4 is 6.34 Å². The van der Waals surface area contributed by atoms with Crippen LogP contribution in [0, 0.1) is 0 Å². The van der Waals surface area contributed by atoms with E-state index in [4.69, 9.17) is 0 Å². The minimum absolute atomic E-state index is 0.931. The molecular weight excluding hydrogens is 100 g/mol. The molecule has 1 atom stereocenters. The Hall–Kier alpha value is -0.890. The second-order valence-corrected chi connectivity index (χ2v) is 1.66. The van der Waals surface area contributed by atoms with Crippen LogP contribution in [-0.4, -0.2) is 12.9 Å². The molecule has 1 aliphatic rings. The molecule has 42 valence electrons. The number of hydrogen-bond donors (Lipinski definition) is 1. The summed E-state index contributed by atoms with van der Waals surface area (Å²) < 4.78 is 0. The third-order valence-corrected chi connectivity index (χ3v) is 0.995. The summed E-state index contributed by atoms with van der Waals surface area (Å²) in [5, 5.41) is 0. The van der Waals surface area contributed by atoms with Crippen LogP contribution in [0.15, 0.2) is 30.0 Å². The predicted molar refractivity (Wildman–Crippen MR) is 33.7 cm³/mol. The lowest BCUT2D eigenvalue weighted by Crippen LogP contribution is -3.05. The van der Waals surface area contributed by atoms with E-state index in [0.717, 1.165) is 6.54 Å². The number of nitrogens with zero attached hydrogens (tertiary/aromatic N) is 1. The maximum Gasteiger partial charge on any atom is 0.193 e. The van der Waals surface area contributed by atoms with Gasteiger partial charge in [0, 0.05) is 0 Å². The van der Waals surface area contributed by atoms with Crippen molar-refractivity contribution in [2.45, 2.75) is 0 Å². The van der Waals surface area contributed by atoms with Gasteiger partial charge in [-0.05, 0) is 6.08 Å². The highest BCUT2D eigenvalue weighted by Gasteiger charge is 1.99. The van der Waals surface area contributed by atoms with Crippen molar-refractivity contribution in [3.8, 4) is 0 Å². The Morgan fingerprint density at radius 2 is 2.62 bits per heavy atom. The zero-order valence-corrected chi connectivity index (χ0v) is 4.67. The minimum atomic E-state index is 0.931. The summed E-state index contributed by atoms with van der Waals surface area (Å²) in [6, 6.07) is 0. The van der Waals surface area contributed by atoms with E-state index in [2.05, 4.69) is 11.6 Å². The lowest BCUT2D eigenvalue weighted by atomic mass is 10.6. The Labute approximate surface area is 48.8 Å². The van der Waals surface area contributed by atoms with Gasteiger partial charge in [-0.15, -0.1) is 0 Å². The molecule has 8 heavy (non-hydrogen) atoms. The van der Waals surface area contributed by atoms with E-state index >= 15 is 0 Å². The molecule has 0 radical (unpaired) electrons. The zero-order valence-electron chi connectivity index (χ0n) is 4.67. The summed E-state index contributed by atoms with van der Waals surface area (Å²) in [4.78, 5) is 5.13. The molecule has 0 fully saturated rings. The van der Waals surface area contributed by atoms with Crippen LogP contribution < -0.4 is 4.90 Å². The Bertz CT molecular complexity index is 123. The predicted octanol–water partition coefficient (Wildman–Crippen LogP) is -0.430. The molecule has 1 aliphatic heterocycles. The third kappa shape index (κ3) is 1.04. The smallest absolute Gasteiger partial charge is 0.193 e. The van der Waals surface area contributed by atoms with Gasteiger partial charge in [0.05, 0.1) is 6.20 Å². The van der Waals surface area contributed by atoms with Gasteiger partial charge in [0.25, 0.3) is 0 Å². The van der Waals surface area contributed by atoms with E-state index in [9.17, 15) is 0 Å². The second-order valence-electron chi connectivity index (χ2n) is 1.66. The molecule has 1 N–H and O–H groups in total. The molecular formula is C6H9N2+. The Morgan fingerprint density at radius 1 is 1.75 bits per heavy atom. The van der Waals surface area contributed by atoms with Gasteiger partial charge in [0.2, 0.25) is 0 Å². The van der Waals surface area contributed by atoms with Crippen molar-refractivity contribution in [3.63, 3.8) is 0 Å². The summed E-state index contributed by atoms with van der Waals surface area (Å²) in [5.41, 5.74) is 0. The molecule has 1 rings (SSSR count). The number of nitrogens with one attached hydrogen (secondary N) is 1. The maximum absolute atomic E-state index is 3.89. The summed E-state index contributed by atoms with van der Waals surface area (Å²) in [7, 11) is 0. The summed E-state index contributed by atoms with van der Waals surface area (Å²) in [5.74, 6) is 0. The molecule has 0 saturated carbocycles. The van der Waals surface area contributed by atoms with E-state index in [0.29, 0.717) is 0 Å². The van der Waals surface area contributed by atoms with Gasteiger partial charge >= 0.3 is 0 Å². The molecule has 2 heteroatoms. The van der Waals surface area contributed by atoms with Gasteiger partial charge in [0.15, 0.2) is 6.34 Å². The van der Waals surface area contributed by atoms with Gasteiger partial charge in [-0.3, -0.25) is 4.90 Å². The highest BCUT2D eigenvalue weighted by atomic mass is 15.2. The molecule has 0 amide bonds. The number of aliphatic imine (C=N–C) groups is 1. The lowest BCUT2D eigenvalue weighted by Gasteiger charge is -1.97. The van der Waals surface area contributed by atoms with Crippen LogP contribution in [0.2, 0.25) is 0 Å². The Morgan fingerprint density at radius 3 is 3.12 bits per heavy atom. The van der Waals surface area contributed by atoms with Crippen LogP contribution in [0.5, 0.6) is 0 Å². The van der Waals surface area contributed by atoms with Crippen LogP contribution in [0.4, 0.5) is 0 Å². The summed E-state index contributed by atoms with van der Waals surface area (Å²) in [6.07, 6.45) is 7.50. The largest absolute Gasteiger partial charge is 0.262 e. The molecule has 0 aromatic rings. The standard InChI is InChI=1S/C6H8N2/c1-2-4-8-5-3-7-6-8/h2-3,5-6H,1,4H2/p+1. The monoisotopic (exact) mass is 109 g/mol. The topological polar surface area (TPSA) is 16.8 Å². The molecule has 0 spiro atoms. The molecule has 0 bridgehead atoms. The fourth-order valence-corrected chi connectivity index (χ4v) is 0.608. The van der Waals surface area contributed by atoms with Gasteiger partial charge in [-0.2, -0.15) is 0 Å². The molecule has 0 saturated heterocycles. The molecule has 1 unspecified atom stereocenters. The molecule has 1 heterocycles. The van der Waals surface area contributed by atoms with Crippen molar-refractivity contribution in [3.05, 3.63) is 25.1 Å². The van der Waals surface area contributed by atoms with Crippen LogP contribution in [0.3, 0.4) is 0 Å². The molecule has 0 aromatic heterocycles. The van der Waals surface area contributed by atoms with E-state index < -0.39 is 0 Å². The Balaban J connectivity index is 2.37. The molecule has 2 nitrogen and oxygen atoms in total. The van der Waals surface area contributed by atoms with Gasteiger partial charge in [-0.1, -0.05) is 6.58 Å². The first kappa shape index (κ1) is 5.25. The van der Waals surface area contributed by atoms with Crippen molar-refractivity contribution in [2.24, 2.45) is 4.99 Å². The van der Waals surface area contributed by atoms with Crippen molar-refractivity contribution in [2.75, 3.05) is 6.54 Å². The third-order valence-electron chi connectivity index (χ3n) is 0.995.